The predicted octanol–water partition coefficient (Wildman–Crippen LogP) is 3.06. The van der Waals surface area contributed by atoms with E-state index in [-0.39, 0.29) is 16.7 Å². The number of piperazine rings is 1. The van der Waals surface area contributed by atoms with E-state index in [0.29, 0.717) is 42.7 Å². The Morgan fingerprint density at radius 1 is 1.18 bits per heavy atom. The number of carbonyl (C=O) groups is 1. The third kappa shape index (κ3) is 4.41. The highest BCUT2D eigenvalue weighted by Crippen LogP contribution is 2.25. The number of nitriles is 1. The largest absolute Gasteiger partial charge is 0.465 e. The summed E-state index contributed by atoms with van der Waals surface area (Å²) in [5.74, 6) is -0.361. The number of anilines is 2. The van der Waals surface area contributed by atoms with Gasteiger partial charge in [0.2, 0.25) is 0 Å². The molecule has 0 N–H and O–H groups in total. The zero-order valence-corrected chi connectivity index (χ0v) is 19.0. The molecule has 0 amide bonds. The smallest absolute Gasteiger partial charge is 0.348 e. The number of nitrogens with zero attached hydrogens (tertiary/aromatic N) is 5. The zero-order valence-electron chi connectivity index (χ0n) is 18.3. The number of fused-ring (bicyclic) bond motifs is 1. The molecule has 9 heteroatoms. The minimum atomic E-state index is -0.803. The summed E-state index contributed by atoms with van der Waals surface area (Å²) in [6.45, 7) is 4.47. The van der Waals surface area contributed by atoms with Crippen LogP contribution in [0.4, 0.5) is 11.5 Å². The van der Waals surface area contributed by atoms with Gasteiger partial charge in [0.15, 0.2) is 0 Å². The molecule has 0 saturated carbocycles. The van der Waals surface area contributed by atoms with Crippen LogP contribution in [-0.4, -0.2) is 48.6 Å². The van der Waals surface area contributed by atoms with Gasteiger partial charge in [0.25, 0.3) is 5.56 Å². The van der Waals surface area contributed by atoms with Crippen LogP contribution >= 0.6 is 11.6 Å². The van der Waals surface area contributed by atoms with E-state index in [1.165, 1.54) is 17.6 Å². The highest BCUT2D eigenvalue weighted by molar-refractivity contribution is 6.30. The fraction of sp³-hybridized carbons (Fsp3) is 0.250. The van der Waals surface area contributed by atoms with Crippen LogP contribution in [0, 0.1) is 18.3 Å². The van der Waals surface area contributed by atoms with E-state index < -0.39 is 5.97 Å². The van der Waals surface area contributed by atoms with E-state index in [2.05, 4.69) is 9.64 Å². The van der Waals surface area contributed by atoms with Crippen molar-refractivity contribution in [1.29, 1.82) is 5.26 Å². The molecule has 3 aromatic rings. The highest BCUT2D eigenvalue weighted by atomic mass is 35.5. The van der Waals surface area contributed by atoms with Gasteiger partial charge in [-0.2, -0.15) is 5.26 Å². The van der Waals surface area contributed by atoms with Crippen molar-refractivity contribution in [3.05, 3.63) is 74.7 Å². The van der Waals surface area contributed by atoms with Crippen molar-refractivity contribution in [1.82, 2.24) is 9.38 Å². The summed E-state index contributed by atoms with van der Waals surface area (Å²) >= 11 is 6.14. The second-order valence-corrected chi connectivity index (χ2v) is 8.09. The molecule has 1 aliphatic rings. The van der Waals surface area contributed by atoms with Crippen LogP contribution in [0.15, 0.2) is 53.0 Å². The average molecular weight is 464 g/mol. The molecule has 0 radical (unpaired) electrons. The summed E-state index contributed by atoms with van der Waals surface area (Å²) < 4.78 is 6.12. The number of carbonyl (C=O) groups excluding carboxylic acids is 1. The molecule has 0 bridgehead atoms. The summed E-state index contributed by atoms with van der Waals surface area (Å²) in [6.07, 6.45) is 2.90. The Bertz CT molecular complexity index is 1350. The number of rotatable bonds is 4. The van der Waals surface area contributed by atoms with Crippen LogP contribution in [0.1, 0.15) is 11.1 Å². The summed E-state index contributed by atoms with van der Waals surface area (Å²) in [7, 11) is 1.19. The molecule has 0 atom stereocenters. The predicted molar refractivity (Wildman–Crippen MR) is 128 cm³/mol. The topological polar surface area (TPSA) is 90.9 Å². The number of methoxy groups -OCH3 is 1. The first-order valence-electron chi connectivity index (χ1n) is 10.4. The molecule has 1 aliphatic heterocycles. The lowest BCUT2D eigenvalue weighted by Gasteiger charge is -2.37. The number of aryl methyl sites for hydroxylation is 1. The van der Waals surface area contributed by atoms with Gasteiger partial charge in [0, 0.05) is 43.1 Å². The van der Waals surface area contributed by atoms with Gasteiger partial charge >= 0.3 is 5.97 Å². The fourth-order valence-corrected chi connectivity index (χ4v) is 4.09. The number of halogens is 1. The standard InChI is InChI=1S/C24H22ClN5O3/c1-16-5-4-8-30-21(16)27-22(20(23(30)31)13-17(15-26)24(32)33-2)29-11-9-28(10-12-29)19-7-3-6-18(25)14-19/h3-8,13-14H,9-12H2,1-2H3/b17-13+. The van der Waals surface area contributed by atoms with Gasteiger partial charge in [-0.3, -0.25) is 9.20 Å². The first kappa shape index (κ1) is 22.4. The lowest BCUT2D eigenvalue weighted by molar-refractivity contribution is -0.135. The quantitative estimate of drug-likeness (QED) is 0.333. The maximum atomic E-state index is 13.4. The molecule has 1 fully saturated rings. The van der Waals surface area contributed by atoms with Crippen molar-refractivity contribution >= 4 is 40.8 Å². The second-order valence-electron chi connectivity index (χ2n) is 7.65. The van der Waals surface area contributed by atoms with Crippen LogP contribution in [0.5, 0.6) is 0 Å². The number of aromatic nitrogens is 2. The highest BCUT2D eigenvalue weighted by Gasteiger charge is 2.24. The van der Waals surface area contributed by atoms with Gasteiger partial charge in [-0.05, 0) is 42.8 Å². The summed E-state index contributed by atoms with van der Waals surface area (Å²) in [4.78, 5) is 34.4. The first-order valence-corrected chi connectivity index (χ1v) is 10.8. The molecule has 33 heavy (non-hydrogen) atoms. The van der Waals surface area contributed by atoms with Crippen molar-refractivity contribution < 1.29 is 9.53 Å². The fourth-order valence-electron chi connectivity index (χ4n) is 3.91. The Morgan fingerprint density at radius 3 is 2.58 bits per heavy atom. The molecule has 0 spiro atoms. The molecule has 3 heterocycles. The average Bonchev–Trinajstić information content (AvgIpc) is 2.83. The van der Waals surface area contributed by atoms with E-state index in [1.54, 1.807) is 12.3 Å². The minimum Gasteiger partial charge on any atom is -0.465 e. The van der Waals surface area contributed by atoms with Gasteiger partial charge in [0.05, 0.1) is 12.7 Å². The monoisotopic (exact) mass is 463 g/mol. The summed E-state index contributed by atoms with van der Waals surface area (Å²) in [5, 5.41) is 10.1. The van der Waals surface area contributed by atoms with Gasteiger partial charge in [-0.25, -0.2) is 9.78 Å². The first-order chi connectivity index (χ1) is 15.9. The Kier molecular flexibility index (Phi) is 6.33. The normalized spacial score (nSPS) is 14.3. The second kappa shape index (κ2) is 9.35. The van der Waals surface area contributed by atoms with Crippen molar-refractivity contribution in [2.24, 2.45) is 0 Å². The number of hydrogen-bond acceptors (Lipinski definition) is 7. The van der Waals surface area contributed by atoms with Gasteiger partial charge < -0.3 is 14.5 Å². The van der Waals surface area contributed by atoms with E-state index in [9.17, 15) is 14.9 Å². The van der Waals surface area contributed by atoms with E-state index in [1.807, 2.05) is 48.2 Å². The molecule has 4 rings (SSSR count). The molecule has 2 aromatic heterocycles. The number of esters is 1. The molecule has 168 valence electrons. The Balaban J connectivity index is 1.77. The Labute approximate surface area is 195 Å². The van der Waals surface area contributed by atoms with E-state index >= 15 is 0 Å². The lowest BCUT2D eigenvalue weighted by Crippen LogP contribution is -2.47. The SMILES string of the molecule is COC(=O)/C(C#N)=C/c1c(N2CCN(c3cccc(Cl)c3)CC2)nc2c(C)cccn2c1=O. The Morgan fingerprint density at radius 2 is 1.91 bits per heavy atom. The Hall–Kier alpha value is -3.83. The molecular formula is C24H22ClN5O3. The zero-order chi connectivity index (χ0) is 23.5. The number of hydrogen-bond donors (Lipinski definition) is 0. The summed E-state index contributed by atoms with van der Waals surface area (Å²) in [6, 6.07) is 13.1. The lowest BCUT2D eigenvalue weighted by atomic mass is 10.1. The third-order valence-corrected chi connectivity index (χ3v) is 5.87. The molecule has 8 nitrogen and oxygen atoms in total. The van der Waals surface area contributed by atoms with Crippen molar-refractivity contribution in [3.8, 4) is 6.07 Å². The minimum absolute atomic E-state index is 0.177. The van der Waals surface area contributed by atoms with Crippen molar-refractivity contribution in [2.45, 2.75) is 6.92 Å². The molecule has 1 saturated heterocycles. The van der Waals surface area contributed by atoms with Crippen LogP contribution in [0.25, 0.3) is 11.7 Å². The third-order valence-electron chi connectivity index (χ3n) is 5.63. The molecule has 0 unspecified atom stereocenters. The van der Waals surface area contributed by atoms with E-state index in [4.69, 9.17) is 16.6 Å². The van der Waals surface area contributed by atoms with E-state index in [0.717, 1.165) is 11.3 Å². The van der Waals surface area contributed by atoms with Gasteiger partial charge in [-0.1, -0.05) is 23.7 Å². The molecule has 0 aliphatic carbocycles. The number of benzene rings is 1. The van der Waals surface area contributed by atoms with Gasteiger partial charge in [0.1, 0.15) is 23.1 Å². The molecule has 1 aromatic carbocycles. The van der Waals surface area contributed by atoms with Crippen LogP contribution < -0.4 is 15.4 Å². The maximum Gasteiger partial charge on any atom is 0.348 e. The van der Waals surface area contributed by atoms with Gasteiger partial charge in [-0.15, -0.1) is 0 Å². The maximum absolute atomic E-state index is 13.4. The summed E-state index contributed by atoms with van der Waals surface area (Å²) in [5.41, 5.74) is 1.97. The number of pyridine rings is 1. The van der Waals surface area contributed by atoms with Crippen LogP contribution in [-0.2, 0) is 9.53 Å². The van der Waals surface area contributed by atoms with Crippen molar-refractivity contribution in [2.75, 3.05) is 43.1 Å². The molecular weight excluding hydrogens is 442 g/mol. The van der Waals surface area contributed by atoms with Crippen molar-refractivity contribution in [3.63, 3.8) is 0 Å². The van der Waals surface area contributed by atoms with Crippen LogP contribution in [0.3, 0.4) is 0 Å². The number of ether oxygens (including phenoxy) is 1. The van der Waals surface area contributed by atoms with Crippen LogP contribution in [0.2, 0.25) is 5.02 Å².